The van der Waals surface area contributed by atoms with E-state index in [1.165, 1.54) is 22.5 Å². The van der Waals surface area contributed by atoms with Crippen LogP contribution in [0.25, 0.3) is 11.3 Å². The Bertz CT molecular complexity index is 913. The molecule has 0 aliphatic carbocycles. The molecule has 0 saturated carbocycles. The van der Waals surface area contributed by atoms with Gasteiger partial charge in [0.2, 0.25) is 0 Å². The molecule has 24 heavy (non-hydrogen) atoms. The third-order valence-corrected chi connectivity index (χ3v) is 5.14. The van der Waals surface area contributed by atoms with Gasteiger partial charge in [0.05, 0.1) is 15.7 Å². The minimum absolute atomic E-state index is 0.329. The van der Waals surface area contributed by atoms with Crippen molar-refractivity contribution < 1.29 is 4.79 Å². The van der Waals surface area contributed by atoms with Crippen LogP contribution in [0.2, 0.25) is 0 Å². The number of hydrogen-bond acceptors (Lipinski definition) is 4. The van der Waals surface area contributed by atoms with E-state index in [1.54, 1.807) is 12.3 Å². The van der Waals surface area contributed by atoms with Gasteiger partial charge >= 0.3 is 0 Å². The molecule has 3 aromatic rings. The van der Waals surface area contributed by atoms with Gasteiger partial charge in [-0.15, -0.1) is 11.3 Å². The van der Waals surface area contributed by atoms with Crippen molar-refractivity contribution in [3.05, 3.63) is 61.9 Å². The summed E-state index contributed by atoms with van der Waals surface area (Å²) in [5.74, 6) is -0.329. The lowest BCUT2D eigenvalue weighted by Crippen LogP contribution is -2.17. The molecule has 0 fully saturated rings. The smallest absolute Gasteiger partial charge is 0.272 e. The van der Waals surface area contributed by atoms with E-state index in [1.807, 2.05) is 24.3 Å². The summed E-state index contributed by atoms with van der Waals surface area (Å²) in [6.07, 6.45) is 1.61. The Morgan fingerprint density at radius 3 is 2.79 bits per heavy atom. The normalized spacial score (nSPS) is 11.1. The molecule has 2 aromatic heterocycles. The van der Waals surface area contributed by atoms with Crippen molar-refractivity contribution in [3.8, 4) is 11.3 Å². The van der Waals surface area contributed by atoms with Crippen molar-refractivity contribution in [3.63, 3.8) is 0 Å². The molecule has 0 atom stereocenters. The molecule has 2 N–H and O–H groups in total. The Balaban J connectivity index is 1.69. The quantitative estimate of drug-likeness (QED) is 0.504. The first-order valence-electron chi connectivity index (χ1n) is 7.25. The summed E-state index contributed by atoms with van der Waals surface area (Å²) in [5.41, 5.74) is 6.98. The van der Waals surface area contributed by atoms with Crippen molar-refractivity contribution >= 4 is 39.4 Å². The molecule has 0 aliphatic heterocycles. The minimum atomic E-state index is -0.329. The Morgan fingerprint density at radius 2 is 2.08 bits per heavy atom. The Labute approximate surface area is 151 Å². The van der Waals surface area contributed by atoms with Gasteiger partial charge in [0.25, 0.3) is 5.91 Å². The summed E-state index contributed by atoms with van der Waals surface area (Å²) < 4.78 is 1.02. The molecule has 0 bridgehead atoms. The highest BCUT2D eigenvalue weighted by Gasteiger charge is 2.10. The lowest BCUT2D eigenvalue weighted by atomic mass is 10.0. The summed E-state index contributed by atoms with van der Waals surface area (Å²) in [6, 6.07) is 11.7. The number of aromatic amines is 1. The van der Waals surface area contributed by atoms with Crippen LogP contribution in [0.5, 0.6) is 0 Å². The Kier molecular flexibility index (Phi) is 4.92. The predicted molar refractivity (Wildman–Crippen MR) is 101 cm³/mol. The van der Waals surface area contributed by atoms with Gasteiger partial charge in [-0.1, -0.05) is 12.1 Å². The van der Waals surface area contributed by atoms with Crippen molar-refractivity contribution in [2.45, 2.75) is 13.8 Å². The third-order valence-electron chi connectivity index (χ3n) is 3.58. The van der Waals surface area contributed by atoms with E-state index in [9.17, 15) is 4.79 Å². The second-order valence-corrected chi connectivity index (χ2v) is 7.80. The number of hydrogen-bond donors (Lipinski definition) is 2. The predicted octanol–water partition coefficient (Wildman–Crippen LogP) is 4.28. The minimum Gasteiger partial charge on any atom is -0.272 e. The molecular formula is C17H15BrN4OS. The van der Waals surface area contributed by atoms with Crippen LogP contribution in [0.1, 0.15) is 26.5 Å². The van der Waals surface area contributed by atoms with Gasteiger partial charge in [-0.05, 0) is 65.2 Å². The number of nitrogens with one attached hydrogen (secondary N) is 2. The molecule has 0 saturated heterocycles. The lowest BCUT2D eigenvalue weighted by Gasteiger charge is -2.01. The van der Waals surface area contributed by atoms with Crippen LogP contribution in [0, 0.1) is 13.8 Å². The monoisotopic (exact) mass is 402 g/mol. The zero-order valence-corrected chi connectivity index (χ0v) is 15.5. The average molecular weight is 403 g/mol. The molecule has 0 aliphatic rings. The van der Waals surface area contributed by atoms with E-state index < -0.39 is 0 Å². The van der Waals surface area contributed by atoms with E-state index in [2.05, 4.69) is 56.6 Å². The molecule has 2 heterocycles. The van der Waals surface area contributed by atoms with Gasteiger partial charge in [-0.25, -0.2) is 5.43 Å². The average Bonchev–Trinajstić information content (AvgIpc) is 3.19. The number of aromatic nitrogens is 2. The molecule has 1 aromatic carbocycles. The molecule has 1 amide bonds. The van der Waals surface area contributed by atoms with E-state index in [0.29, 0.717) is 5.69 Å². The maximum Gasteiger partial charge on any atom is 0.289 e. The first-order valence-corrected chi connectivity index (χ1v) is 8.85. The standard InChI is InChI=1S/C17H15BrN4OS/c1-10-3-4-12(7-11(10)2)14-8-15(21-20-14)17(23)22-19-9-13-5-6-16(18)24-13/h3-9H,1-2H3,(H,20,21)(H,22,23)/b19-9+. The summed E-state index contributed by atoms with van der Waals surface area (Å²) in [4.78, 5) is 13.1. The van der Waals surface area contributed by atoms with Gasteiger partial charge < -0.3 is 0 Å². The van der Waals surface area contributed by atoms with Crippen molar-refractivity contribution in [2.24, 2.45) is 5.10 Å². The topological polar surface area (TPSA) is 70.1 Å². The van der Waals surface area contributed by atoms with Gasteiger partial charge in [-0.2, -0.15) is 10.2 Å². The third kappa shape index (κ3) is 3.80. The van der Waals surface area contributed by atoms with E-state index in [-0.39, 0.29) is 5.91 Å². The molecule has 5 nitrogen and oxygen atoms in total. The van der Waals surface area contributed by atoms with Crippen LogP contribution in [0.4, 0.5) is 0 Å². The van der Waals surface area contributed by atoms with Crippen LogP contribution in [-0.4, -0.2) is 22.3 Å². The van der Waals surface area contributed by atoms with E-state index in [4.69, 9.17) is 0 Å². The first-order chi connectivity index (χ1) is 11.5. The maximum absolute atomic E-state index is 12.1. The number of halogens is 1. The largest absolute Gasteiger partial charge is 0.289 e. The second-order valence-electron chi connectivity index (χ2n) is 5.31. The van der Waals surface area contributed by atoms with Gasteiger partial charge in [0.15, 0.2) is 0 Å². The first kappa shape index (κ1) is 16.6. The summed E-state index contributed by atoms with van der Waals surface area (Å²) in [6.45, 7) is 4.11. The molecule has 0 radical (unpaired) electrons. The molecule has 7 heteroatoms. The Hall–Kier alpha value is -2.25. The fourth-order valence-electron chi connectivity index (χ4n) is 2.10. The number of benzene rings is 1. The molecule has 0 unspecified atom stereocenters. The molecule has 0 spiro atoms. The molecular weight excluding hydrogens is 388 g/mol. The number of carbonyl (C=O) groups is 1. The van der Waals surface area contributed by atoms with Gasteiger partial charge in [-0.3, -0.25) is 9.89 Å². The highest BCUT2D eigenvalue weighted by molar-refractivity contribution is 9.11. The number of aryl methyl sites for hydroxylation is 2. The fourth-order valence-corrected chi connectivity index (χ4v) is 3.39. The van der Waals surface area contributed by atoms with E-state index >= 15 is 0 Å². The van der Waals surface area contributed by atoms with Gasteiger partial charge in [0.1, 0.15) is 5.69 Å². The SMILES string of the molecule is Cc1ccc(-c2cc(C(=O)N/N=C/c3ccc(Br)s3)[nH]n2)cc1C. The zero-order chi connectivity index (χ0) is 17.1. The Morgan fingerprint density at radius 1 is 1.25 bits per heavy atom. The number of hydrazone groups is 1. The molecule has 122 valence electrons. The maximum atomic E-state index is 12.1. The number of nitrogens with zero attached hydrogens (tertiary/aromatic N) is 2. The van der Waals surface area contributed by atoms with Crippen LogP contribution >= 0.6 is 27.3 Å². The van der Waals surface area contributed by atoms with Crippen molar-refractivity contribution in [2.75, 3.05) is 0 Å². The number of carbonyl (C=O) groups excluding carboxylic acids is 1. The van der Waals surface area contributed by atoms with E-state index in [0.717, 1.165) is 19.9 Å². The zero-order valence-electron chi connectivity index (χ0n) is 13.1. The number of amides is 1. The lowest BCUT2D eigenvalue weighted by molar-refractivity contribution is 0.0950. The fraction of sp³-hybridized carbons (Fsp3) is 0.118. The van der Waals surface area contributed by atoms with Crippen LogP contribution in [0.15, 0.2) is 45.3 Å². The second kappa shape index (κ2) is 7.11. The summed E-state index contributed by atoms with van der Waals surface area (Å²) in [5, 5.41) is 10.9. The van der Waals surface area contributed by atoms with Crippen LogP contribution < -0.4 is 5.43 Å². The number of rotatable bonds is 4. The van der Waals surface area contributed by atoms with Crippen LogP contribution in [-0.2, 0) is 0 Å². The summed E-state index contributed by atoms with van der Waals surface area (Å²) in [7, 11) is 0. The van der Waals surface area contributed by atoms with Gasteiger partial charge in [0, 0.05) is 10.4 Å². The summed E-state index contributed by atoms with van der Waals surface area (Å²) >= 11 is 4.92. The van der Waals surface area contributed by atoms with Crippen LogP contribution in [0.3, 0.4) is 0 Å². The molecule has 3 rings (SSSR count). The van der Waals surface area contributed by atoms with Crippen molar-refractivity contribution in [1.29, 1.82) is 0 Å². The highest BCUT2D eigenvalue weighted by atomic mass is 79.9. The number of H-pyrrole nitrogens is 1. The van der Waals surface area contributed by atoms with Crippen molar-refractivity contribution in [1.82, 2.24) is 15.6 Å². The number of thiophene rings is 1. The highest BCUT2D eigenvalue weighted by Crippen LogP contribution is 2.21.